The molecule has 0 fully saturated rings. The summed E-state index contributed by atoms with van der Waals surface area (Å²) in [5.74, 6) is 0.886. The molecule has 2 rings (SSSR count). The molecule has 0 saturated heterocycles. The summed E-state index contributed by atoms with van der Waals surface area (Å²) in [4.78, 5) is 12.5. The van der Waals surface area contributed by atoms with Crippen LogP contribution in [0.3, 0.4) is 0 Å². The largest absolute Gasteiger partial charge is 0.496 e. The number of rotatable bonds is 4. The number of hydrogen-bond acceptors (Lipinski definition) is 3. The summed E-state index contributed by atoms with van der Waals surface area (Å²) in [7, 11) is 3.10. The van der Waals surface area contributed by atoms with E-state index in [4.69, 9.17) is 9.47 Å². The number of carbonyl (C=O) groups excluding carboxylic acids is 1. The van der Waals surface area contributed by atoms with E-state index in [-0.39, 0.29) is 5.91 Å². The van der Waals surface area contributed by atoms with Gasteiger partial charge in [0.25, 0.3) is 5.91 Å². The highest BCUT2D eigenvalue weighted by atomic mass is 79.9. The molecular formula is C16H16BrNO3. The third-order valence-corrected chi connectivity index (χ3v) is 3.50. The molecular weight excluding hydrogens is 334 g/mol. The van der Waals surface area contributed by atoms with Crippen molar-refractivity contribution in [3.05, 3.63) is 52.0 Å². The quantitative estimate of drug-likeness (QED) is 0.906. The minimum Gasteiger partial charge on any atom is -0.496 e. The number of ether oxygens (including phenoxy) is 2. The third kappa shape index (κ3) is 3.55. The maximum Gasteiger partial charge on any atom is 0.259 e. The van der Waals surface area contributed by atoms with E-state index in [0.29, 0.717) is 22.7 Å². The lowest BCUT2D eigenvalue weighted by atomic mass is 10.1. The Labute approximate surface area is 132 Å². The van der Waals surface area contributed by atoms with Gasteiger partial charge < -0.3 is 14.8 Å². The predicted molar refractivity (Wildman–Crippen MR) is 86.4 cm³/mol. The molecule has 0 aromatic heterocycles. The third-order valence-electron chi connectivity index (χ3n) is 3.01. The molecule has 5 heteroatoms. The molecule has 0 bridgehead atoms. The fraction of sp³-hybridized carbons (Fsp3) is 0.188. The standard InChI is InChI=1S/C16H16BrNO3/c1-10-4-6-14(20-2)12(8-10)16(19)18-13-9-11(17)5-7-15(13)21-3/h4-9H,1-3H3,(H,18,19). The molecule has 0 spiro atoms. The van der Waals surface area contributed by atoms with Gasteiger partial charge in [0.1, 0.15) is 11.5 Å². The Morgan fingerprint density at radius 2 is 1.71 bits per heavy atom. The number of anilines is 1. The van der Waals surface area contributed by atoms with Gasteiger partial charge >= 0.3 is 0 Å². The number of nitrogens with one attached hydrogen (secondary N) is 1. The van der Waals surface area contributed by atoms with Crippen molar-refractivity contribution in [3.8, 4) is 11.5 Å². The molecule has 2 aromatic rings. The minimum atomic E-state index is -0.244. The molecule has 0 aliphatic rings. The lowest BCUT2D eigenvalue weighted by Gasteiger charge is -2.13. The van der Waals surface area contributed by atoms with Crippen molar-refractivity contribution in [3.63, 3.8) is 0 Å². The van der Waals surface area contributed by atoms with Gasteiger partial charge in [-0.15, -0.1) is 0 Å². The average Bonchev–Trinajstić information content (AvgIpc) is 2.47. The average molecular weight is 350 g/mol. The second-order valence-corrected chi connectivity index (χ2v) is 5.42. The van der Waals surface area contributed by atoms with Crippen LogP contribution in [0.15, 0.2) is 40.9 Å². The Morgan fingerprint density at radius 3 is 2.38 bits per heavy atom. The predicted octanol–water partition coefficient (Wildman–Crippen LogP) is 4.03. The fourth-order valence-electron chi connectivity index (χ4n) is 1.97. The van der Waals surface area contributed by atoms with Crippen molar-refractivity contribution in [2.45, 2.75) is 6.92 Å². The van der Waals surface area contributed by atoms with Crippen LogP contribution in [0.1, 0.15) is 15.9 Å². The second-order valence-electron chi connectivity index (χ2n) is 4.50. The van der Waals surface area contributed by atoms with Crippen LogP contribution in [0, 0.1) is 6.92 Å². The molecule has 1 N–H and O–H groups in total. The van der Waals surface area contributed by atoms with Gasteiger partial charge in [0.05, 0.1) is 25.5 Å². The van der Waals surface area contributed by atoms with Gasteiger partial charge in [0, 0.05) is 4.47 Å². The Kier molecular flexibility index (Phi) is 4.85. The summed E-state index contributed by atoms with van der Waals surface area (Å²) < 4.78 is 11.3. The van der Waals surface area contributed by atoms with Crippen LogP contribution >= 0.6 is 15.9 Å². The zero-order valence-electron chi connectivity index (χ0n) is 12.1. The van der Waals surface area contributed by atoms with Crippen LogP contribution in [-0.2, 0) is 0 Å². The first kappa shape index (κ1) is 15.4. The van der Waals surface area contributed by atoms with E-state index in [0.717, 1.165) is 10.0 Å². The number of hydrogen-bond donors (Lipinski definition) is 1. The zero-order valence-corrected chi connectivity index (χ0v) is 13.7. The maximum atomic E-state index is 12.5. The van der Waals surface area contributed by atoms with Gasteiger partial charge in [-0.25, -0.2) is 0 Å². The molecule has 0 atom stereocenters. The molecule has 0 aliphatic carbocycles. The number of methoxy groups -OCH3 is 2. The van der Waals surface area contributed by atoms with E-state index in [2.05, 4.69) is 21.2 Å². The normalized spacial score (nSPS) is 10.1. The maximum absolute atomic E-state index is 12.5. The molecule has 0 radical (unpaired) electrons. The van der Waals surface area contributed by atoms with E-state index in [1.807, 2.05) is 19.1 Å². The highest BCUT2D eigenvalue weighted by Gasteiger charge is 2.15. The summed E-state index contributed by atoms with van der Waals surface area (Å²) in [6, 6.07) is 10.9. The Hall–Kier alpha value is -2.01. The molecule has 0 heterocycles. The van der Waals surface area contributed by atoms with Crippen molar-refractivity contribution in [2.75, 3.05) is 19.5 Å². The number of aryl methyl sites for hydroxylation is 1. The van der Waals surface area contributed by atoms with Gasteiger partial charge in [-0.2, -0.15) is 0 Å². The van der Waals surface area contributed by atoms with Gasteiger partial charge in [-0.05, 0) is 37.3 Å². The topological polar surface area (TPSA) is 47.6 Å². The van der Waals surface area contributed by atoms with Crippen molar-refractivity contribution in [1.82, 2.24) is 0 Å². The molecule has 0 saturated carbocycles. The van der Waals surface area contributed by atoms with Gasteiger partial charge in [0.2, 0.25) is 0 Å². The van der Waals surface area contributed by atoms with Crippen LogP contribution in [0.2, 0.25) is 0 Å². The van der Waals surface area contributed by atoms with Gasteiger partial charge in [-0.1, -0.05) is 27.6 Å². The highest BCUT2D eigenvalue weighted by molar-refractivity contribution is 9.10. The van der Waals surface area contributed by atoms with Crippen molar-refractivity contribution < 1.29 is 14.3 Å². The summed E-state index contributed by atoms with van der Waals surface area (Å²) in [5.41, 5.74) is 2.07. The summed E-state index contributed by atoms with van der Waals surface area (Å²) >= 11 is 3.38. The summed E-state index contributed by atoms with van der Waals surface area (Å²) in [5, 5.41) is 2.85. The molecule has 1 amide bonds. The van der Waals surface area contributed by atoms with Crippen LogP contribution in [0.5, 0.6) is 11.5 Å². The minimum absolute atomic E-state index is 0.244. The first-order chi connectivity index (χ1) is 10.0. The smallest absolute Gasteiger partial charge is 0.259 e. The van der Waals surface area contributed by atoms with Crippen LogP contribution in [0.25, 0.3) is 0 Å². The Morgan fingerprint density at radius 1 is 1.05 bits per heavy atom. The Bertz CT molecular complexity index is 671. The second kappa shape index (κ2) is 6.63. The molecule has 4 nitrogen and oxygen atoms in total. The lowest BCUT2D eigenvalue weighted by molar-refractivity contribution is 0.102. The van der Waals surface area contributed by atoms with Crippen LogP contribution in [0.4, 0.5) is 5.69 Å². The molecule has 110 valence electrons. The van der Waals surface area contributed by atoms with Crippen molar-refractivity contribution in [1.29, 1.82) is 0 Å². The number of carbonyl (C=O) groups is 1. The number of halogens is 1. The van der Waals surface area contributed by atoms with E-state index in [1.54, 1.807) is 38.5 Å². The lowest BCUT2D eigenvalue weighted by Crippen LogP contribution is -2.14. The molecule has 2 aromatic carbocycles. The summed E-state index contributed by atoms with van der Waals surface area (Å²) in [6.45, 7) is 1.93. The zero-order chi connectivity index (χ0) is 15.4. The molecule has 0 unspecified atom stereocenters. The first-order valence-electron chi connectivity index (χ1n) is 6.34. The van der Waals surface area contributed by atoms with Crippen molar-refractivity contribution >= 4 is 27.5 Å². The number of amides is 1. The van der Waals surface area contributed by atoms with E-state index >= 15 is 0 Å². The van der Waals surface area contributed by atoms with E-state index < -0.39 is 0 Å². The van der Waals surface area contributed by atoms with E-state index in [9.17, 15) is 4.79 Å². The first-order valence-corrected chi connectivity index (χ1v) is 7.14. The SMILES string of the molecule is COc1ccc(Br)cc1NC(=O)c1cc(C)ccc1OC. The summed E-state index contributed by atoms with van der Waals surface area (Å²) in [6.07, 6.45) is 0. The van der Waals surface area contributed by atoms with Crippen LogP contribution in [-0.4, -0.2) is 20.1 Å². The van der Waals surface area contributed by atoms with Gasteiger partial charge in [0.15, 0.2) is 0 Å². The fourth-order valence-corrected chi connectivity index (χ4v) is 2.33. The van der Waals surface area contributed by atoms with Gasteiger partial charge in [-0.3, -0.25) is 4.79 Å². The number of benzene rings is 2. The van der Waals surface area contributed by atoms with E-state index in [1.165, 1.54) is 0 Å². The van der Waals surface area contributed by atoms with Crippen molar-refractivity contribution in [2.24, 2.45) is 0 Å². The van der Waals surface area contributed by atoms with Crippen LogP contribution < -0.4 is 14.8 Å². The monoisotopic (exact) mass is 349 g/mol. The molecule has 0 aliphatic heterocycles. The highest BCUT2D eigenvalue weighted by Crippen LogP contribution is 2.29. The molecule has 21 heavy (non-hydrogen) atoms. The Balaban J connectivity index is 2.34.